The largest absolute Gasteiger partial charge is 0.339 e. The Morgan fingerprint density at radius 1 is 1.00 bits per heavy atom. The average Bonchev–Trinajstić information content (AvgIpc) is 3.12. The van der Waals surface area contributed by atoms with Crippen LogP contribution in [-0.4, -0.2) is 29.8 Å². The summed E-state index contributed by atoms with van der Waals surface area (Å²) in [7, 11) is 0. The van der Waals surface area contributed by atoms with Crippen molar-refractivity contribution in [1.82, 2.24) is 4.90 Å². The number of hydrogen-bond donors (Lipinski definition) is 1. The van der Waals surface area contributed by atoms with Crippen molar-refractivity contribution in [2.24, 2.45) is 0 Å². The van der Waals surface area contributed by atoms with E-state index in [0.717, 1.165) is 31.5 Å². The van der Waals surface area contributed by atoms with Crippen LogP contribution in [0.25, 0.3) is 0 Å². The Balaban J connectivity index is 1.69. The van der Waals surface area contributed by atoms with Crippen molar-refractivity contribution in [3.63, 3.8) is 0 Å². The normalized spacial score (nSPS) is 13.8. The summed E-state index contributed by atoms with van der Waals surface area (Å²) in [6.07, 6.45) is 2.12. The average molecular weight is 343 g/mol. The number of nitrogens with one attached hydrogen (secondary N) is 1. The molecule has 1 aliphatic heterocycles. The SMILES string of the molecule is Cc1ccc(NC(=O)c2ccc(C(=O)N3CCCC3)cc2)cc1Cl. The van der Waals surface area contributed by atoms with Gasteiger partial charge in [0.25, 0.3) is 11.8 Å². The van der Waals surface area contributed by atoms with E-state index in [1.165, 1.54) is 0 Å². The first-order valence-electron chi connectivity index (χ1n) is 8.01. The maximum atomic E-state index is 12.3. The van der Waals surface area contributed by atoms with Crippen molar-refractivity contribution in [3.05, 3.63) is 64.2 Å². The van der Waals surface area contributed by atoms with Gasteiger partial charge < -0.3 is 10.2 Å². The molecule has 3 rings (SSSR count). The molecule has 1 N–H and O–H groups in total. The molecule has 1 heterocycles. The molecule has 24 heavy (non-hydrogen) atoms. The van der Waals surface area contributed by atoms with E-state index >= 15 is 0 Å². The van der Waals surface area contributed by atoms with Gasteiger partial charge in [-0.15, -0.1) is 0 Å². The topological polar surface area (TPSA) is 49.4 Å². The van der Waals surface area contributed by atoms with Crippen LogP contribution in [-0.2, 0) is 0 Å². The standard InChI is InChI=1S/C19H19ClN2O2/c1-13-4-9-16(12-17(13)20)21-18(23)14-5-7-15(8-6-14)19(24)22-10-2-3-11-22/h4-9,12H,2-3,10-11H2,1H3,(H,21,23). The molecule has 0 bridgehead atoms. The highest BCUT2D eigenvalue weighted by Crippen LogP contribution is 2.21. The van der Waals surface area contributed by atoms with Crippen molar-refractivity contribution in [2.75, 3.05) is 18.4 Å². The van der Waals surface area contributed by atoms with Gasteiger partial charge in [0, 0.05) is 34.9 Å². The number of amides is 2. The summed E-state index contributed by atoms with van der Waals surface area (Å²) in [6.45, 7) is 3.54. The summed E-state index contributed by atoms with van der Waals surface area (Å²) in [5.41, 5.74) is 2.73. The molecule has 1 aliphatic rings. The molecule has 0 saturated carbocycles. The Morgan fingerprint density at radius 2 is 1.62 bits per heavy atom. The van der Waals surface area contributed by atoms with Crippen molar-refractivity contribution < 1.29 is 9.59 Å². The molecule has 124 valence electrons. The second kappa shape index (κ2) is 7.05. The Labute approximate surface area is 146 Å². The van der Waals surface area contributed by atoms with Crippen LogP contribution < -0.4 is 5.32 Å². The highest BCUT2D eigenvalue weighted by Gasteiger charge is 2.19. The Kier molecular flexibility index (Phi) is 4.86. The van der Waals surface area contributed by atoms with Crippen LogP contribution in [0.2, 0.25) is 5.02 Å². The summed E-state index contributed by atoms with van der Waals surface area (Å²) in [4.78, 5) is 26.4. The monoisotopic (exact) mass is 342 g/mol. The third kappa shape index (κ3) is 3.60. The van der Waals surface area contributed by atoms with Gasteiger partial charge in [-0.1, -0.05) is 17.7 Å². The Morgan fingerprint density at radius 3 is 2.25 bits per heavy atom. The second-order valence-corrected chi connectivity index (χ2v) is 6.40. The molecule has 0 unspecified atom stereocenters. The third-order valence-electron chi connectivity index (χ3n) is 4.22. The van der Waals surface area contributed by atoms with Crippen LogP contribution in [0.5, 0.6) is 0 Å². The molecule has 2 aromatic carbocycles. The van der Waals surface area contributed by atoms with Gasteiger partial charge in [-0.05, 0) is 61.7 Å². The summed E-state index contributed by atoms with van der Waals surface area (Å²) >= 11 is 6.07. The van der Waals surface area contributed by atoms with E-state index in [0.29, 0.717) is 21.8 Å². The first kappa shape index (κ1) is 16.5. The summed E-state index contributed by atoms with van der Waals surface area (Å²) < 4.78 is 0. The predicted molar refractivity (Wildman–Crippen MR) is 95.7 cm³/mol. The maximum absolute atomic E-state index is 12.3. The number of rotatable bonds is 3. The lowest BCUT2D eigenvalue weighted by Gasteiger charge is -2.15. The molecular formula is C19H19ClN2O2. The lowest BCUT2D eigenvalue weighted by atomic mass is 10.1. The van der Waals surface area contributed by atoms with E-state index in [2.05, 4.69) is 5.32 Å². The van der Waals surface area contributed by atoms with Gasteiger partial charge in [-0.25, -0.2) is 0 Å². The van der Waals surface area contributed by atoms with Gasteiger partial charge in [0.15, 0.2) is 0 Å². The van der Waals surface area contributed by atoms with Crippen LogP contribution >= 0.6 is 11.6 Å². The van der Waals surface area contributed by atoms with E-state index in [1.54, 1.807) is 30.3 Å². The van der Waals surface area contributed by atoms with Gasteiger partial charge in [0.05, 0.1) is 0 Å². The number of anilines is 1. The Bertz CT molecular complexity index is 765. The molecule has 0 aromatic heterocycles. The molecule has 0 atom stereocenters. The van der Waals surface area contributed by atoms with Gasteiger partial charge >= 0.3 is 0 Å². The van der Waals surface area contributed by atoms with Crippen LogP contribution in [0.15, 0.2) is 42.5 Å². The zero-order valence-electron chi connectivity index (χ0n) is 13.5. The number of carbonyl (C=O) groups excluding carboxylic acids is 2. The minimum absolute atomic E-state index is 0.0322. The smallest absolute Gasteiger partial charge is 0.255 e. The van der Waals surface area contributed by atoms with E-state index in [1.807, 2.05) is 24.0 Å². The molecule has 0 aliphatic carbocycles. The number of halogens is 1. The van der Waals surface area contributed by atoms with Gasteiger partial charge in [-0.2, -0.15) is 0 Å². The lowest BCUT2D eigenvalue weighted by Crippen LogP contribution is -2.27. The quantitative estimate of drug-likeness (QED) is 0.911. The summed E-state index contributed by atoms with van der Waals surface area (Å²) in [6, 6.07) is 12.2. The van der Waals surface area contributed by atoms with Crippen molar-refractivity contribution in [2.45, 2.75) is 19.8 Å². The molecule has 0 spiro atoms. The predicted octanol–water partition coefficient (Wildman–Crippen LogP) is 4.14. The minimum atomic E-state index is -0.227. The summed E-state index contributed by atoms with van der Waals surface area (Å²) in [5.74, 6) is -0.195. The van der Waals surface area contributed by atoms with Crippen LogP contribution in [0.4, 0.5) is 5.69 Å². The zero-order valence-corrected chi connectivity index (χ0v) is 14.3. The van der Waals surface area contributed by atoms with Crippen molar-refractivity contribution in [1.29, 1.82) is 0 Å². The van der Waals surface area contributed by atoms with Crippen LogP contribution in [0.1, 0.15) is 39.1 Å². The first-order chi connectivity index (χ1) is 11.5. The highest BCUT2D eigenvalue weighted by atomic mass is 35.5. The first-order valence-corrected chi connectivity index (χ1v) is 8.39. The highest BCUT2D eigenvalue weighted by molar-refractivity contribution is 6.31. The van der Waals surface area contributed by atoms with Gasteiger partial charge in [0.2, 0.25) is 0 Å². The number of nitrogens with zero attached hydrogens (tertiary/aromatic N) is 1. The molecule has 1 saturated heterocycles. The fourth-order valence-corrected chi connectivity index (χ4v) is 2.92. The zero-order chi connectivity index (χ0) is 17.1. The second-order valence-electron chi connectivity index (χ2n) is 5.99. The number of hydrogen-bond acceptors (Lipinski definition) is 2. The number of benzene rings is 2. The number of carbonyl (C=O) groups is 2. The molecule has 2 aromatic rings. The van der Waals surface area contributed by atoms with E-state index < -0.39 is 0 Å². The van der Waals surface area contributed by atoms with Crippen molar-refractivity contribution >= 4 is 29.1 Å². The fraction of sp³-hybridized carbons (Fsp3) is 0.263. The van der Waals surface area contributed by atoms with E-state index in [-0.39, 0.29) is 11.8 Å². The third-order valence-corrected chi connectivity index (χ3v) is 4.62. The molecular weight excluding hydrogens is 324 g/mol. The lowest BCUT2D eigenvalue weighted by molar-refractivity contribution is 0.0792. The molecule has 2 amide bonds. The van der Waals surface area contributed by atoms with Crippen LogP contribution in [0, 0.1) is 6.92 Å². The number of likely N-dealkylation sites (tertiary alicyclic amines) is 1. The molecule has 5 heteroatoms. The number of aryl methyl sites for hydroxylation is 1. The maximum Gasteiger partial charge on any atom is 0.255 e. The summed E-state index contributed by atoms with van der Waals surface area (Å²) in [5, 5.41) is 3.42. The molecule has 0 radical (unpaired) electrons. The molecule has 1 fully saturated rings. The molecule has 4 nitrogen and oxygen atoms in total. The Hall–Kier alpha value is -2.33. The minimum Gasteiger partial charge on any atom is -0.339 e. The van der Waals surface area contributed by atoms with E-state index in [4.69, 9.17) is 11.6 Å². The van der Waals surface area contributed by atoms with E-state index in [9.17, 15) is 9.59 Å². The van der Waals surface area contributed by atoms with Gasteiger partial charge in [0.1, 0.15) is 0 Å². The van der Waals surface area contributed by atoms with Crippen molar-refractivity contribution in [3.8, 4) is 0 Å². The fourth-order valence-electron chi connectivity index (χ4n) is 2.74. The van der Waals surface area contributed by atoms with Crippen LogP contribution in [0.3, 0.4) is 0 Å². The van der Waals surface area contributed by atoms with Gasteiger partial charge in [-0.3, -0.25) is 9.59 Å².